The van der Waals surface area contributed by atoms with Crippen molar-refractivity contribution in [2.45, 2.75) is 44.4 Å². The molecule has 4 nitrogen and oxygen atoms in total. The van der Waals surface area contributed by atoms with Gasteiger partial charge in [-0.3, -0.25) is 9.59 Å². The van der Waals surface area contributed by atoms with Gasteiger partial charge in [0.2, 0.25) is 0 Å². The van der Waals surface area contributed by atoms with Crippen LogP contribution in [-0.4, -0.2) is 18.7 Å². The molecule has 0 fully saturated rings. The third kappa shape index (κ3) is 2.74. The van der Waals surface area contributed by atoms with Gasteiger partial charge in [-0.25, -0.2) is 0 Å². The Labute approximate surface area is 155 Å². The van der Waals surface area contributed by atoms with Gasteiger partial charge in [0, 0.05) is 41.3 Å². The number of halogens is 1. The van der Waals surface area contributed by atoms with Crippen LogP contribution in [0.2, 0.25) is 0 Å². The van der Waals surface area contributed by atoms with Gasteiger partial charge < -0.3 is 10.1 Å². The maximum absolute atomic E-state index is 12.7. The number of hydrogen-bond donors (Lipinski definition) is 1. The van der Waals surface area contributed by atoms with Crippen molar-refractivity contribution < 1.29 is 14.3 Å². The Kier molecular flexibility index (Phi) is 4.28. The van der Waals surface area contributed by atoms with E-state index >= 15 is 0 Å². The average Bonchev–Trinajstić information content (AvgIpc) is 2.60. The topological polar surface area (TPSA) is 55.4 Å². The molecule has 0 saturated carbocycles. The first-order chi connectivity index (χ1) is 12.1. The van der Waals surface area contributed by atoms with Gasteiger partial charge in [-0.05, 0) is 59.3 Å². The van der Waals surface area contributed by atoms with Crippen molar-refractivity contribution in [3.8, 4) is 5.75 Å². The maximum Gasteiger partial charge on any atom is 0.161 e. The number of rotatable bonds is 2. The average molecular weight is 402 g/mol. The molecule has 1 aromatic rings. The Bertz CT molecular complexity index is 795. The Hall–Kier alpha value is -1.88. The lowest BCUT2D eigenvalue weighted by Crippen LogP contribution is -2.36. The summed E-state index contributed by atoms with van der Waals surface area (Å²) in [6.45, 7) is 0. The summed E-state index contributed by atoms with van der Waals surface area (Å²) >= 11 is 3.54. The van der Waals surface area contributed by atoms with Gasteiger partial charge in [0.1, 0.15) is 5.75 Å². The molecule has 25 heavy (non-hydrogen) atoms. The van der Waals surface area contributed by atoms with Gasteiger partial charge >= 0.3 is 0 Å². The number of carbonyl (C=O) groups excluding carboxylic acids is 2. The molecule has 0 bridgehead atoms. The molecule has 3 aliphatic rings. The summed E-state index contributed by atoms with van der Waals surface area (Å²) in [6.07, 6.45) is 4.62. The second kappa shape index (κ2) is 6.45. The minimum Gasteiger partial charge on any atom is -0.496 e. The maximum atomic E-state index is 12.7. The number of benzene rings is 1. The molecular formula is C20H20BrNO3. The van der Waals surface area contributed by atoms with Crippen LogP contribution in [0, 0.1) is 0 Å². The minimum absolute atomic E-state index is 0.163. The lowest BCUT2D eigenvalue weighted by molar-refractivity contribution is -0.116. The molecule has 1 heterocycles. The SMILES string of the molecule is COc1ccc(C2C3=C(CCCC3=O)NC3=C2C(=O)CCC3)cc1Br. The van der Waals surface area contributed by atoms with Gasteiger partial charge in [0.25, 0.3) is 0 Å². The molecule has 0 atom stereocenters. The number of hydrogen-bond acceptors (Lipinski definition) is 4. The van der Waals surface area contributed by atoms with Crippen LogP contribution >= 0.6 is 15.9 Å². The third-order valence-corrected chi connectivity index (χ3v) is 5.92. The van der Waals surface area contributed by atoms with E-state index in [4.69, 9.17) is 4.74 Å². The van der Waals surface area contributed by atoms with Gasteiger partial charge in [-0.1, -0.05) is 6.07 Å². The zero-order valence-corrected chi connectivity index (χ0v) is 15.7. The van der Waals surface area contributed by atoms with Crippen molar-refractivity contribution >= 4 is 27.5 Å². The highest BCUT2D eigenvalue weighted by Crippen LogP contribution is 2.46. The van der Waals surface area contributed by atoms with E-state index in [1.165, 1.54) is 0 Å². The van der Waals surface area contributed by atoms with Crippen LogP contribution in [0.5, 0.6) is 5.75 Å². The molecule has 0 aromatic heterocycles. The first-order valence-electron chi connectivity index (χ1n) is 8.73. The Morgan fingerprint density at radius 2 is 1.60 bits per heavy atom. The molecular weight excluding hydrogens is 382 g/mol. The molecule has 4 rings (SSSR count). The number of Topliss-reactive ketones (excluding diaryl/α,β-unsaturated/α-hetero) is 2. The fourth-order valence-electron chi connectivity index (χ4n) is 4.18. The standard InChI is InChI=1S/C20H20BrNO3/c1-25-17-9-8-11(10-12(17)21)18-19-13(4-2-6-15(19)23)22-14-5-3-7-16(24)20(14)18/h8-10,18,22H,2-7H2,1H3. The van der Waals surface area contributed by atoms with E-state index in [1.807, 2.05) is 18.2 Å². The van der Waals surface area contributed by atoms with E-state index < -0.39 is 0 Å². The summed E-state index contributed by atoms with van der Waals surface area (Å²) in [7, 11) is 1.63. The fourth-order valence-corrected chi connectivity index (χ4v) is 4.74. The summed E-state index contributed by atoms with van der Waals surface area (Å²) in [4.78, 5) is 25.5. The van der Waals surface area contributed by atoms with Gasteiger partial charge in [0.15, 0.2) is 11.6 Å². The zero-order chi connectivity index (χ0) is 17.6. The largest absolute Gasteiger partial charge is 0.496 e. The first kappa shape index (κ1) is 16.6. The van der Waals surface area contributed by atoms with E-state index in [9.17, 15) is 9.59 Å². The van der Waals surface area contributed by atoms with Crippen LogP contribution in [0.15, 0.2) is 45.2 Å². The molecule has 5 heteroatoms. The summed E-state index contributed by atoms with van der Waals surface area (Å²) in [5.74, 6) is 0.811. The molecule has 0 radical (unpaired) electrons. The van der Waals surface area contributed by atoms with E-state index in [1.54, 1.807) is 7.11 Å². The summed E-state index contributed by atoms with van der Waals surface area (Å²) in [6, 6.07) is 5.84. The van der Waals surface area contributed by atoms with Crippen molar-refractivity contribution in [2.24, 2.45) is 0 Å². The molecule has 0 saturated heterocycles. The number of carbonyl (C=O) groups is 2. The number of ether oxygens (including phenoxy) is 1. The van der Waals surface area contributed by atoms with Gasteiger partial charge in [0.05, 0.1) is 11.6 Å². The molecule has 2 aliphatic carbocycles. The smallest absolute Gasteiger partial charge is 0.161 e. The monoisotopic (exact) mass is 401 g/mol. The van der Waals surface area contributed by atoms with Crippen molar-refractivity contribution in [1.82, 2.24) is 5.32 Å². The van der Waals surface area contributed by atoms with Crippen LogP contribution in [0.25, 0.3) is 0 Å². The zero-order valence-electron chi connectivity index (χ0n) is 14.2. The second-order valence-electron chi connectivity index (χ2n) is 6.79. The Balaban J connectivity index is 1.89. The van der Waals surface area contributed by atoms with Crippen molar-refractivity contribution in [1.29, 1.82) is 0 Å². The second-order valence-corrected chi connectivity index (χ2v) is 7.64. The number of ketones is 2. The van der Waals surface area contributed by atoms with Gasteiger partial charge in [-0.15, -0.1) is 0 Å². The number of methoxy groups -OCH3 is 1. The fraction of sp³-hybridized carbons (Fsp3) is 0.400. The van der Waals surface area contributed by atoms with E-state index in [0.717, 1.165) is 64.0 Å². The minimum atomic E-state index is -0.256. The van der Waals surface area contributed by atoms with Crippen LogP contribution in [0.3, 0.4) is 0 Å². The van der Waals surface area contributed by atoms with Crippen molar-refractivity contribution in [3.63, 3.8) is 0 Å². The molecule has 130 valence electrons. The van der Waals surface area contributed by atoms with E-state index in [-0.39, 0.29) is 17.5 Å². The molecule has 1 N–H and O–H groups in total. The Morgan fingerprint density at radius 1 is 1.00 bits per heavy atom. The van der Waals surface area contributed by atoms with Crippen LogP contribution in [0.4, 0.5) is 0 Å². The van der Waals surface area contributed by atoms with E-state index in [0.29, 0.717) is 12.8 Å². The number of nitrogens with one attached hydrogen (secondary N) is 1. The van der Waals surface area contributed by atoms with Gasteiger partial charge in [-0.2, -0.15) is 0 Å². The molecule has 0 spiro atoms. The molecule has 1 aliphatic heterocycles. The van der Waals surface area contributed by atoms with Crippen LogP contribution in [-0.2, 0) is 9.59 Å². The highest BCUT2D eigenvalue weighted by atomic mass is 79.9. The number of allylic oxidation sites excluding steroid dienone is 4. The summed E-state index contributed by atoms with van der Waals surface area (Å²) in [5, 5.41) is 3.44. The normalized spacial score (nSPS) is 21.0. The summed E-state index contributed by atoms with van der Waals surface area (Å²) in [5.41, 5.74) is 4.58. The quantitative estimate of drug-likeness (QED) is 0.807. The third-order valence-electron chi connectivity index (χ3n) is 5.30. The van der Waals surface area contributed by atoms with E-state index in [2.05, 4.69) is 21.2 Å². The van der Waals surface area contributed by atoms with Crippen molar-refractivity contribution in [2.75, 3.05) is 7.11 Å². The van der Waals surface area contributed by atoms with Crippen molar-refractivity contribution in [3.05, 3.63) is 50.8 Å². The van der Waals surface area contributed by atoms with Crippen LogP contribution < -0.4 is 10.1 Å². The highest BCUT2D eigenvalue weighted by molar-refractivity contribution is 9.10. The first-order valence-corrected chi connectivity index (χ1v) is 9.52. The van der Waals surface area contributed by atoms with Crippen LogP contribution in [0.1, 0.15) is 50.0 Å². The summed E-state index contributed by atoms with van der Waals surface area (Å²) < 4.78 is 6.16. The molecule has 0 unspecified atom stereocenters. The molecule has 0 amide bonds. The predicted octanol–water partition coefficient (Wildman–Crippen LogP) is 4.16. The predicted molar refractivity (Wildman–Crippen MR) is 98.3 cm³/mol. The lowest BCUT2D eigenvalue weighted by atomic mass is 9.71. The Morgan fingerprint density at radius 3 is 2.12 bits per heavy atom. The highest BCUT2D eigenvalue weighted by Gasteiger charge is 2.40. The molecule has 1 aromatic carbocycles. The lowest BCUT2D eigenvalue weighted by Gasteiger charge is -2.37. The number of dihydropyridines is 1.